The number of carbonyl (C=O) groups is 1. The largest absolute Gasteiger partial charge is 0.497 e. The molecule has 4 rings (SSSR count). The predicted octanol–water partition coefficient (Wildman–Crippen LogP) is 3.37. The SMILES string of the molecule is COc1ccc2[nH]c3c(c2c1)CN(C(=O)Cc1cccs1)CC3. The van der Waals surface area contributed by atoms with Crippen molar-refractivity contribution in [3.8, 4) is 5.75 Å². The highest BCUT2D eigenvalue weighted by Gasteiger charge is 2.24. The molecule has 3 heterocycles. The van der Waals surface area contributed by atoms with E-state index in [1.165, 1.54) is 11.3 Å². The maximum atomic E-state index is 12.6. The molecule has 1 aliphatic rings. The second kappa shape index (κ2) is 5.74. The van der Waals surface area contributed by atoms with Crippen molar-refractivity contribution in [1.29, 1.82) is 0 Å². The van der Waals surface area contributed by atoms with E-state index in [0.29, 0.717) is 13.0 Å². The lowest BCUT2D eigenvalue weighted by atomic mass is 10.0. The highest BCUT2D eigenvalue weighted by molar-refractivity contribution is 7.10. The van der Waals surface area contributed by atoms with Crippen LogP contribution in [-0.2, 0) is 24.2 Å². The number of amides is 1. The second-order valence-corrected chi connectivity index (χ2v) is 6.85. The maximum absolute atomic E-state index is 12.6. The van der Waals surface area contributed by atoms with Gasteiger partial charge in [0.15, 0.2) is 0 Å². The van der Waals surface area contributed by atoms with Gasteiger partial charge in [-0.2, -0.15) is 0 Å². The first-order valence-electron chi connectivity index (χ1n) is 7.72. The molecular formula is C18H18N2O2S. The van der Waals surface area contributed by atoms with Gasteiger partial charge in [0.25, 0.3) is 0 Å². The fraction of sp³-hybridized carbons (Fsp3) is 0.278. The van der Waals surface area contributed by atoms with Gasteiger partial charge >= 0.3 is 0 Å². The number of aromatic nitrogens is 1. The van der Waals surface area contributed by atoms with E-state index in [0.717, 1.165) is 34.5 Å². The molecule has 0 spiro atoms. The minimum absolute atomic E-state index is 0.204. The average Bonchev–Trinajstić information content (AvgIpc) is 3.20. The smallest absolute Gasteiger partial charge is 0.228 e. The fourth-order valence-corrected chi connectivity index (χ4v) is 3.90. The normalized spacial score (nSPS) is 14.0. The van der Waals surface area contributed by atoms with Gasteiger partial charge in [-0.15, -0.1) is 11.3 Å². The van der Waals surface area contributed by atoms with Crippen molar-refractivity contribution in [2.75, 3.05) is 13.7 Å². The van der Waals surface area contributed by atoms with Crippen LogP contribution in [0.4, 0.5) is 0 Å². The average molecular weight is 326 g/mol. The Balaban J connectivity index is 1.61. The Morgan fingerprint density at radius 2 is 2.30 bits per heavy atom. The summed E-state index contributed by atoms with van der Waals surface area (Å²) in [6, 6.07) is 10.1. The number of nitrogens with one attached hydrogen (secondary N) is 1. The Kier molecular flexibility index (Phi) is 3.58. The Hall–Kier alpha value is -2.27. The molecule has 23 heavy (non-hydrogen) atoms. The lowest BCUT2D eigenvalue weighted by molar-refractivity contribution is -0.131. The second-order valence-electron chi connectivity index (χ2n) is 5.82. The fourth-order valence-electron chi connectivity index (χ4n) is 3.21. The Morgan fingerprint density at radius 3 is 3.09 bits per heavy atom. The standard InChI is InChI=1S/C18H18N2O2S/c1-22-12-4-5-16-14(9-12)15-11-20(7-6-17(15)19-16)18(21)10-13-3-2-8-23-13/h2-5,8-9,19H,6-7,10-11H2,1H3. The third-order valence-corrected chi connectivity index (χ3v) is 5.32. The van der Waals surface area contributed by atoms with Crippen LogP contribution in [0, 0.1) is 0 Å². The van der Waals surface area contributed by atoms with E-state index in [4.69, 9.17) is 4.74 Å². The Bertz CT molecular complexity index is 851. The zero-order valence-corrected chi connectivity index (χ0v) is 13.8. The number of hydrogen-bond donors (Lipinski definition) is 1. The number of nitrogens with zero attached hydrogens (tertiary/aromatic N) is 1. The van der Waals surface area contributed by atoms with Crippen LogP contribution in [0.2, 0.25) is 0 Å². The molecule has 118 valence electrons. The summed E-state index contributed by atoms with van der Waals surface area (Å²) in [4.78, 5) is 19.1. The van der Waals surface area contributed by atoms with E-state index < -0.39 is 0 Å². The molecular weight excluding hydrogens is 308 g/mol. The number of hydrogen-bond acceptors (Lipinski definition) is 3. The van der Waals surface area contributed by atoms with Crippen molar-refractivity contribution >= 4 is 28.1 Å². The molecule has 0 fully saturated rings. The van der Waals surface area contributed by atoms with Gasteiger partial charge in [-0.3, -0.25) is 4.79 Å². The lowest BCUT2D eigenvalue weighted by Gasteiger charge is -2.27. The number of methoxy groups -OCH3 is 1. The summed E-state index contributed by atoms with van der Waals surface area (Å²) in [6.45, 7) is 1.45. The van der Waals surface area contributed by atoms with Gasteiger partial charge < -0.3 is 14.6 Å². The zero-order chi connectivity index (χ0) is 15.8. The molecule has 5 heteroatoms. The van der Waals surface area contributed by atoms with Crippen LogP contribution in [0.5, 0.6) is 5.75 Å². The summed E-state index contributed by atoms with van der Waals surface area (Å²) < 4.78 is 5.33. The van der Waals surface area contributed by atoms with E-state index in [1.54, 1.807) is 18.4 Å². The molecule has 2 aromatic heterocycles. The van der Waals surface area contributed by atoms with Gasteiger partial charge in [0.1, 0.15) is 5.75 Å². The molecule has 0 atom stereocenters. The minimum Gasteiger partial charge on any atom is -0.497 e. The third-order valence-electron chi connectivity index (χ3n) is 4.44. The van der Waals surface area contributed by atoms with Crippen LogP contribution >= 0.6 is 11.3 Å². The first-order chi connectivity index (χ1) is 11.2. The van der Waals surface area contributed by atoms with E-state index in [-0.39, 0.29) is 5.91 Å². The number of H-pyrrole nitrogens is 1. The first kappa shape index (κ1) is 14.3. The van der Waals surface area contributed by atoms with Crippen molar-refractivity contribution in [3.63, 3.8) is 0 Å². The zero-order valence-electron chi connectivity index (χ0n) is 13.0. The van der Waals surface area contributed by atoms with Crippen LogP contribution in [0.1, 0.15) is 16.1 Å². The number of thiophene rings is 1. The molecule has 0 aliphatic carbocycles. The molecule has 0 bridgehead atoms. The van der Waals surface area contributed by atoms with E-state index >= 15 is 0 Å². The number of aromatic amines is 1. The molecule has 3 aromatic rings. The maximum Gasteiger partial charge on any atom is 0.228 e. The molecule has 0 unspecified atom stereocenters. The number of benzene rings is 1. The van der Waals surface area contributed by atoms with Gasteiger partial charge in [-0.25, -0.2) is 0 Å². The van der Waals surface area contributed by atoms with Crippen LogP contribution in [0.15, 0.2) is 35.7 Å². The van der Waals surface area contributed by atoms with Crippen molar-refractivity contribution in [1.82, 2.24) is 9.88 Å². The van der Waals surface area contributed by atoms with Crippen molar-refractivity contribution in [2.45, 2.75) is 19.4 Å². The summed E-state index contributed by atoms with van der Waals surface area (Å²) >= 11 is 1.64. The van der Waals surface area contributed by atoms with Gasteiger partial charge in [-0.05, 0) is 29.6 Å². The number of fused-ring (bicyclic) bond motifs is 3. The topological polar surface area (TPSA) is 45.3 Å². The van der Waals surface area contributed by atoms with Gasteiger partial charge in [-0.1, -0.05) is 6.07 Å². The van der Waals surface area contributed by atoms with E-state index in [9.17, 15) is 4.79 Å². The van der Waals surface area contributed by atoms with Crippen molar-refractivity contribution in [3.05, 3.63) is 51.8 Å². The molecule has 1 aliphatic heterocycles. The van der Waals surface area contributed by atoms with E-state index in [1.807, 2.05) is 34.5 Å². The summed E-state index contributed by atoms with van der Waals surface area (Å²) in [5.74, 6) is 1.05. The molecule has 0 radical (unpaired) electrons. The van der Waals surface area contributed by atoms with Crippen LogP contribution in [0.25, 0.3) is 10.9 Å². The monoisotopic (exact) mass is 326 g/mol. The molecule has 0 saturated heterocycles. The molecule has 4 nitrogen and oxygen atoms in total. The third kappa shape index (κ3) is 2.61. The summed E-state index contributed by atoms with van der Waals surface area (Å²) in [6.07, 6.45) is 1.38. The molecule has 0 saturated carbocycles. The van der Waals surface area contributed by atoms with E-state index in [2.05, 4.69) is 11.1 Å². The quantitative estimate of drug-likeness (QED) is 0.802. The molecule has 1 aromatic carbocycles. The minimum atomic E-state index is 0.204. The Morgan fingerprint density at radius 1 is 1.39 bits per heavy atom. The highest BCUT2D eigenvalue weighted by Crippen LogP contribution is 2.30. The number of ether oxygens (including phenoxy) is 1. The predicted molar refractivity (Wildman–Crippen MR) is 92.0 cm³/mol. The summed E-state index contributed by atoms with van der Waals surface area (Å²) in [7, 11) is 1.68. The van der Waals surface area contributed by atoms with Crippen LogP contribution in [0.3, 0.4) is 0 Å². The lowest BCUT2D eigenvalue weighted by Crippen LogP contribution is -2.36. The van der Waals surface area contributed by atoms with Gasteiger partial charge in [0.05, 0.1) is 13.5 Å². The number of rotatable bonds is 3. The Labute approximate surface area is 138 Å². The van der Waals surface area contributed by atoms with Crippen molar-refractivity contribution < 1.29 is 9.53 Å². The van der Waals surface area contributed by atoms with Gasteiger partial charge in [0.2, 0.25) is 5.91 Å². The van der Waals surface area contributed by atoms with Gasteiger partial charge in [0, 0.05) is 46.5 Å². The van der Waals surface area contributed by atoms with Crippen LogP contribution in [-0.4, -0.2) is 29.4 Å². The summed E-state index contributed by atoms with van der Waals surface area (Å²) in [5.41, 5.74) is 3.58. The summed E-state index contributed by atoms with van der Waals surface area (Å²) in [5, 5.41) is 3.18. The van der Waals surface area contributed by atoms with Crippen LogP contribution < -0.4 is 4.74 Å². The number of carbonyl (C=O) groups excluding carboxylic acids is 1. The molecule has 1 amide bonds. The highest BCUT2D eigenvalue weighted by atomic mass is 32.1. The van der Waals surface area contributed by atoms with Crippen molar-refractivity contribution in [2.24, 2.45) is 0 Å². The first-order valence-corrected chi connectivity index (χ1v) is 8.60. The molecule has 1 N–H and O–H groups in total.